The summed E-state index contributed by atoms with van der Waals surface area (Å²) in [6, 6.07) is 34.0. The van der Waals surface area contributed by atoms with Crippen LogP contribution in [0.3, 0.4) is 0 Å². The van der Waals surface area contributed by atoms with E-state index in [0.717, 1.165) is 68.4 Å². The van der Waals surface area contributed by atoms with Crippen LogP contribution in [0.2, 0.25) is 0 Å². The van der Waals surface area contributed by atoms with Crippen molar-refractivity contribution in [2.24, 2.45) is 4.99 Å². The van der Waals surface area contributed by atoms with Crippen molar-refractivity contribution in [3.8, 4) is 33.6 Å². The number of pyridine rings is 2. The summed E-state index contributed by atoms with van der Waals surface area (Å²) in [5.74, 6) is 0. The number of aromatic nitrogens is 2. The Morgan fingerprint density at radius 2 is 1.50 bits per heavy atom. The van der Waals surface area contributed by atoms with Crippen LogP contribution in [0.5, 0.6) is 0 Å². The fourth-order valence-electron chi connectivity index (χ4n) is 5.13. The Balaban J connectivity index is 1.51. The second-order valence-corrected chi connectivity index (χ2v) is 8.91. The minimum atomic E-state index is 0.850. The van der Waals surface area contributed by atoms with Gasteiger partial charge in [-0.05, 0) is 48.0 Å². The molecule has 4 heterocycles. The quantitative estimate of drug-likeness (QED) is 0.268. The van der Waals surface area contributed by atoms with Crippen molar-refractivity contribution in [2.45, 2.75) is 6.42 Å². The number of allylic oxidation sites excluding steroid dienone is 1. The molecule has 7 rings (SSSR count). The normalized spacial score (nSPS) is 13.4. The molecular formula is C32H22N4. The Kier molecular flexibility index (Phi) is 4.81. The van der Waals surface area contributed by atoms with Crippen LogP contribution >= 0.6 is 0 Å². The molecule has 0 fully saturated rings. The summed E-state index contributed by atoms with van der Waals surface area (Å²) in [5, 5.41) is 0. The van der Waals surface area contributed by atoms with Gasteiger partial charge >= 0.3 is 0 Å². The maximum Gasteiger partial charge on any atom is 0.0802 e. The molecule has 0 spiro atoms. The van der Waals surface area contributed by atoms with Crippen molar-refractivity contribution in [3.05, 3.63) is 127 Å². The van der Waals surface area contributed by atoms with E-state index in [1.165, 1.54) is 0 Å². The molecule has 2 aliphatic heterocycles. The van der Waals surface area contributed by atoms with Crippen molar-refractivity contribution < 1.29 is 0 Å². The van der Waals surface area contributed by atoms with E-state index < -0.39 is 0 Å². The Morgan fingerprint density at radius 1 is 0.611 bits per heavy atom. The van der Waals surface area contributed by atoms with Gasteiger partial charge in [-0.15, -0.1) is 0 Å². The minimum Gasteiger partial charge on any atom is -0.309 e. The molecule has 0 aliphatic carbocycles. The van der Waals surface area contributed by atoms with E-state index in [2.05, 4.69) is 93.7 Å². The van der Waals surface area contributed by atoms with Crippen molar-refractivity contribution in [1.82, 2.24) is 9.97 Å². The maximum atomic E-state index is 4.84. The summed E-state index contributed by atoms with van der Waals surface area (Å²) in [7, 11) is 0. The van der Waals surface area contributed by atoms with Crippen LogP contribution < -0.4 is 4.90 Å². The number of rotatable bonds is 3. The molecule has 0 unspecified atom stereocenters. The van der Waals surface area contributed by atoms with Crippen molar-refractivity contribution in [3.63, 3.8) is 0 Å². The Hall–Kier alpha value is -4.83. The Bertz CT molecular complexity index is 1670. The molecule has 0 saturated carbocycles. The Labute approximate surface area is 210 Å². The second kappa shape index (κ2) is 8.43. The molecule has 4 nitrogen and oxygen atoms in total. The average molecular weight is 463 g/mol. The van der Waals surface area contributed by atoms with Gasteiger partial charge in [-0.25, -0.2) is 0 Å². The molecule has 2 aromatic heterocycles. The lowest BCUT2D eigenvalue weighted by atomic mass is 9.97. The summed E-state index contributed by atoms with van der Waals surface area (Å²) in [6.45, 7) is 0. The highest BCUT2D eigenvalue weighted by Crippen LogP contribution is 2.50. The third-order valence-corrected chi connectivity index (χ3v) is 6.78. The predicted molar refractivity (Wildman–Crippen MR) is 147 cm³/mol. The summed E-state index contributed by atoms with van der Waals surface area (Å²) >= 11 is 0. The van der Waals surface area contributed by atoms with Gasteiger partial charge in [0.2, 0.25) is 0 Å². The number of nitrogens with zero attached hydrogens (tertiary/aromatic N) is 4. The molecule has 3 aromatic carbocycles. The van der Waals surface area contributed by atoms with E-state index >= 15 is 0 Å². The van der Waals surface area contributed by atoms with Crippen LogP contribution in [0.4, 0.5) is 17.1 Å². The van der Waals surface area contributed by atoms with E-state index in [1.807, 2.05) is 42.9 Å². The highest BCUT2D eigenvalue weighted by Gasteiger charge is 2.27. The average Bonchev–Trinajstić information content (AvgIpc) is 3.46. The highest BCUT2D eigenvalue weighted by atomic mass is 15.2. The summed E-state index contributed by atoms with van der Waals surface area (Å²) in [5.41, 5.74) is 11.9. The lowest BCUT2D eigenvalue weighted by Crippen LogP contribution is -2.12. The van der Waals surface area contributed by atoms with Gasteiger partial charge < -0.3 is 4.90 Å². The maximum absolute atomic E-state index is 4.84. The second-order valence-electron chi connectivity index (χ2n) is 8.91. The van der Waals surface area contributed by atoms with Gasteiger partial charge in [0.25, 0.3) is 0 Å². The predicted octanol–water partition coefficient (Wildman–Crippen LogP) is 7.97. The first-order chi connectivity index (χ1) is 17.9. The molecule has 4 heteroatoms. The molecule has 0 saturated heterocycles. The van der Waals surface area contributed by atoms with Gasteiger partial charge in [0.05, 0.1) is 28.5 Å². The lowest BCUT2D eigenvalue weighted by molar-refractivity contribution is 1.28. The van der Waals surface area contributed by atoms with E-state index in [0.29, 0.717) is 0 Å². The number of hydrogen-bond donors (Lipinski definition) is 0. The molecule has 0 atom stereocenters. The van der Waals surface area contributed by atoms with Crippen LogP contribution in [-0.2, 0) is 0 Å². The van der Waals surface area contributed by atoms with Crippen molar-refractivity contribution in [2.75, 3.05) is 4.90 Å². The minimum absolute atomic E-state index is 0.850. The van der Waals surface area contributed by atoms with Gasteiger partial charge in [0.1, 0.15) is 0 Å². The van der Waals surface area contributed by atoms with Crippen LogP contribution in [0.15, 0.2) is 127 Å². The molecule has 36 heavy (non-hydrogen) atoms. The van der Waals surface area contributed by atoms with Gasteiger partial charge in [-0.1, -0.05) is 60.7 Å². The molecule has 0 N–H and O–H groups in total. The number of aliphatic imine (C=N–C) groups is 1. The van der Waals surface area contributed by atoms with Gasteiger partial charge in [0.15, 0.2) is 0 Å². The van der Waals surface area contributed by atoms with Crippen molar-refractivity contribution in [1.29, 1.82) is 0 Å². The summed E-state index contributed by atoms with van der Waals surface area (Å²) < 4.78 is 0. The monoisotopic (exact) mass is 462 g/mol. The number of benzene rings is 3. The first-order valence-corrected chi connectivity index (χ1v) is 12.1. The first kappa shape index (κ1) is 20.5. The summed E-state index contributed by atoms with van der Waals surface area (Å²) in [4.78, 5) is 16.4. The van der Waals surface area contributed by atoms with E-state index in [9.17, 15) is 0 Å². The number of para-hydroxylation sites is 1. The molecule has 5 aromatic rings. The van der Waals surface area contributed by atoms with Gasteiger partial charge in [-0.3, -0.25) is 15.0 Å². The molecule has 2 aliphatic rings. The Morgan fingerprint density at radius 3 is 2.39 bits per heavy atom. The van der Waals surface area contributed by atoms with Crippen LogP contribution in [0.1, 0.15) is 12.0 Å². The third kappa shape index (κ3) is 3.35. The molecule has 0 radical (unpaired) electrons. The van der Waals surface area contributed by atoms with E-state index in [1.54, 1.807) is 0 Å². The number of anilines is 3. The molecular weight excluding hydrogens is 440 g/mol. The summed E-state index contributed by atoms with van der Waals surface area (Å²) in [6.07, 6.45) is 8.55. The first-order valence-electron chi connectivity index (χ1n) is 12.1. The van der Waals surface area contributed by atoms with Crippen molar-refractivity contribution >= 4 is 22.8 Å². The van der Waals surface area contributed by atoms with Crippen LogP contribution in [-0.4, -0.2) is 15.7 Å². The standard InChI is InChI=1S/C32H22N4/c1-2-14-30-27(10-1)32-26(11-6-19-35-32)25-16-15-23(29-13-7-18-34-29)21-31(25)36(30)24-9-5-8-22(20-24)28-12-3-4-17-33-28/h1-12,14-21H,13H2. The number of hydrogen-bond acceptors (Lipinski definition) is 4. The van der Waals surface area contributed by atoms with Crippen LogP contribution in [0.25, 0.3) is 33.6 Å². The smallest absolute Gasteiger partial charge is 0.0802 e. The number of fused-ring (bicyclic) bond motifs is 5. The zero-order valence-corrected chi connectivity index (χ0v) is 19.5. The van der Waals surface area contributed by atoms with Gasteiger partial charge in [-0.2, -0.15) is 0 Å². The SMILES string of the molecule is C1=CN=C(c2ccc3c(c2)N(c2cccc(-c4ccccn4)c2)c2ccccc2-c2ncccc2-3)C1. The molecule has 170 valence electrons. The van der Waals surface area contributed by atoms with Gasteiger partial charge in [0, 0.05) is 53.0 Å². The molecule has 0 bridgehead atoms. The third-order valence-electron chi connectivity index (χ3n) is 6.78. The lowest BCUT2D eigenvalue weighted by Gasteiger charge is -2.28. The fourth-order valence-corrected chi connectivity index (χ4v) is 5.13. The topological polar surface area (TPSA) is 41.4 Å². The zero-order chi connectivity index (χ0) is 23.9. The largest absolute Gasteiger partial charge is 0.309 e. The van der Waals surface area contributed by atoms with E-state index in [4.69, 9.17) is 4.98 Å². The highest BCUT2D eigenvalue weighted by molar-refractivity contribution is 6.07. The zero-order valence-electron chi connectivity index (χ0n) is 19.5. The van der Waals surface area contributed by atoms with Crippen LogP contribution in [0, 0.1) is 0 Å². The molecule has 0 amide bonds. The van der Waals surface area contributed by atoms with E-state index in [-0.39, 0.29) is 0 Å². The fraction of sp³-hybridized carbons (Fsp3) is 0.0312.